The SMILES string of the molecule is CN(C)C(=O)O[C@@H]1[C@H]2OC(C)(C)O[C@H]2O[C@@H]1COC(=O)OCc1ccccc1. The molecule has 3 rings (SSSR count). The second kappa shape index (κ2) is 8.34. The van der Waals surface area contributed by atoms with Crippen LogP contribution in [-0.2, 0) is 35.0 Å². The summed E-state index contributed by atoms with van der Waals surface area (Å²) in [6.07, 6.45) is -4.26. The summed E-state index contributed by atoms with van der Waals surface area (Å²) in [6.45, 7) is 3.41. The first kappa shape index (κ1) is 20.4. The fraction of sp³-hybridized carbons (Fsp3) is 0.579. The van der Waals surface area contributed by atoms with Crippen LogP contribution in [0.1, 0.15) is 19.4 Å². The summed E-state index contributed by atoms with van der Waals surface area (Å²) in [5.74, 6) is -0.863. The van der Waals surface area contributed by atoms with Gasteiger partial charge in [0.15, 0.2) is 24.3 Å². The molecule has 154 valence electrons. The Balaban J connectivity index is 1.55. The van der Waals surface area contributed by atoms with E-state index in [1.165, 1.54) is 4.90 Å². The van der Waals surface area contributed by atoms with Crippen LogP contribution in [0.25, 0.3) is 0 Å². The van der Waals surface area contributed by atoms with Crippen molar-refractivity contribution in [1.82, 2.24) is 4.90 Å². The molecule has 1 aromatic rings. The lowest BCUT2D eigenvalue weighted by Gasteiger charge is -2.26. The highest BCUT2D eigenvalue weighted by Gasteiger charge is 2.57. The van der Waals surface area contributed by atoms with Crippen LogP contribution in [0.3, 0.4) is 0 Å². The maximum absolute atomic E-state index is 12.0. The number of rotatable bonds is 5. The van der Waals surface area contributed by atoms with Crippen molar-refractivity contribution in [2.75, 3.05) is 20.7 Å². The van der Waals surface area contributed by atoms with Gasteiger partial charge in [0.2, 0.25) is 0 Å². The zero-order valence-corrected chi connectivity index (χ0v) is 16.3. The molecule has 9 heteroatoms. The van der Waals surface area contributed by atoms with Gasteiger partial charge in [-0.1, -0.05) is 30.3 Å². The second-order valence-corrected chi connectivity index (χ2v) is 7.22. The summed E-state index contributed by atoms with van der Waals surface area (Å²) in [5, 5.41) is 0. The van der Waals surface area contributed by atoms with Crippen LogP contribution >= 0.6 is 0 Å². The Kier molecular flexibility index (Phi) is 6.07. The highest BCUT2D eigenvalue weighted by molar-refractivity contribution is 5.67. The number of carbonyl (C=O) groups excluding carboxylic acids is 2. The summed E-state index contributed by atoms with van der Waals surface area (Å²) in [7, 11) is 3.13. The topological polar surface area (TPSA) is 92.8 Å². The van der Waals surface area contributed by atoms with Gasteiger partial charge in [-0.15, -0.1) is 0 Å². The number of fused-ring (bicyclic) bond motifs is 1. The minimum absolute atomic E-state index is 0.0932. The minimum atomic E-state index is -0.863. The zero-order valence-electron chi connectivity index (χ0n) is 16.3. The third-order valence-electron chi connectivity index (χ3n) is 4.25. The molecule has 4 atom stereocenters. The Morgan fingerprint density at radius 3 is 2.50 bits per heavy atom. The quantitative estimate of drug-likeness (QED) is 0.701. The third kappa shape index (κ3) is 4.92. The summed E-state index contributed by atoms with van der Waals surface area (Å²) in [4.78, 5) is 25.2. The molecule has 1 amide bonds. The Morgan fingerprint density at radius 1 is 1.11 bits per heavy atom. The van der Waals surface area contributed by atoms with Crippen molar-refractivity contribution < 1.29 is 38.0 Å². The Morgan fingerprint density at radius 2 is 1.82 bits per heavy atom. The van der Waals surface area contributed by atoms with E-state index in [9.17, 15) is 9.59 Å². The van der Waals surface area contributed by atoms with Crippen molar-refractivity contribution in [3.63, 3.8) is 0 Å². The monoisotopic (exact) mass is 395 g/mol. The van der Waals surface area contributed by atoms with Crippen LogP contribution in [-0.4, -0.2) is 68.2 Å². The summed E-state index contributed by atoms with van der Waals surface area (Å²) in [5.41, 5.74) is 0.841. The lowest BCUT2D eigenvalue weighted by molar-refractivity contribution is -0.219. The van der Waals surface area contributed by atoms with E-state index in [0.29, 0.717) is 0 Å². The molecular formula is C19H25NO8. The Bertz CT molecular complexity index is 692. The molecule has 2 heterocycles. The smallest absolute Gasteiger partial charge is 0.440 e. The van der Waals surface area contributed by atoms with Gasteiger partial charge in [0.25, 0.3) is 0 Å². The van der Waals surface area contributed by atoms with Gasteiger partial charge in [-0.25, -0.2) is 9.59 Å². The number of benzene rings is 1. The number of nitrogens with zero attached hydrogens (tertiary/aromatic N) is 1. The fourth-order valence-electron chi connectivity index (χ4n) is 2.95. The average molecular weight is 395 g/mol. The lowest BCUT2D eigenvalue weighted by atomic mass is 10.1. The van der Waals surface area contributed by atoms with Crippen LogP contribution in [0.2, 0.25) is 0 Å². The summed E-state index contributed by atoms with van der Waals surface area (Å²) < 4.78 is 32.9. The van der Waals surface area contributed by atoms with Crippen molar-refractivity contribution in [2.24, 2.45) is 0 Å². The maximum Gasteiger partial charge on any atom is 0.508 e. The lowest BCUT2D eigenvalue weighted by Crippen LogP contribution is -2.42. The minimum Gasteiger partial charge on any atom is -0.440 e. The molecule has 0 saturated carbocycles. The van der Waals surface area contributed by atoms with Crippen molar-refractivity contribution >= 4 is 12.2 Å². The third-order valence-corrected chi connectivity index (χ3v) is 4.25. The first-order valence-corrected chi connectivity index (χ1v) is 8.98. The molecule has 2 aliphatic heterocycles. The van der Waals surface area contributed by atoms with Crippen LogP contribution in [0.15, 0.2) is 30.3 Å². The van der Waals surface area contributed by atoms with Crippen molar-refractivity contribution in [1.29, 1.82) is 0 Å². The van der Waals surface area contributed by atoms with Gasteiger partial charge >= 0.3 is 12.2 Å². The number of amides is 1. The van der Waals surface area contributed by atoms with Gasteiger partial charge in [0.1, 0.15) is 19.3 Å². The number of carbonyl (C=O) groups is 2. The van der Waals surface area contributed by atoms with Crippen LogP contribution in [0.5, 0.6) is 0 Å². The largest absolute Gasteiger partial charge is 0.508 e. The van der Waals surface area contributed by atoms with E-state index in [2.05, 4.69) is 0 Å². The highest BCUT2D eigenvalue weighted by atomic mass is 16.8. The van der Waals surface area contributed by atoms with Crippen molar-refractivity contribution in [3.05, 3.63) is 35.9 Å². The molecule has 0 aliphatic carbocycles. The van der Waals surface area contributed by atoms with Gasteiger partial charge in [0, 0.05) is 14.1 Å². The standard InChI is InChI=1S/C19H25NO8/c1-19(2)27-15-14(26-17(21)20(3)4)13(25-16(15)28-19)11-24-18(22)23-10-12-8-6-5-7-9-12/h5-9,13-16H,10-11H2,1-4H3/t13-,14+,15-,16-/m1/s1. The molecule has 0 radical (unpaired) electrons. The normalized spacial score (nSPS) is 27.7. The molecule has 2 saturated heterocycles. The predicted molar refractivity (Wildman–Crippen MR) is 95.2 cm³/mol. The van der Waals surface area contributed by atoms with E-state index >= 15 is 0 Å². The molecule has 9 nitrogen and oxygen atoms in total. The molecule has 0 aromatic heterocycles. The highest BCUT2D eigenvalue weighted by Crippen LogP contribution is 2.39. The Labute approximate surface area is 163 Å². The summed E-state index contributed by atoms with van der Waals surface area (Å²) in [6, 6.07) is 9.24. The Hall–Kier alpha value is -2.36. The number of ether oxygens (including phenoxy) is 6. The van der Waals surface area contributed by atoms with Crippen molar-refractivity contribution in [3.8, 4) is 0 Å². The van der Waals surface area contributed by atoms with Gasteiger partial charge in [-0.2, -0.15) is 0 Å². The number of hydrogen-bond acceptors (Lipinski definition) is 8. The van der Waals surface area contributed by atoms with Gasteiger partial charge in [-0.3, -0.25) is 0 Å². The summed E-state index contributed by atoms with van der Waals surface area (Å²) >= 11 is 0. The van der Waals surface area contributed by atoms with Crippen molar-refractivity contribution in [2.45, 2.75) is 50.8 Å². The van der Waals surface area contributed by atoms with E-state index in [-0.39, 0.29) is 13.2 Å². The molecule has 2 aliphatic rings. The van der Waals surface area contributed by atoms with E-state index in [0.717, 1.165) is 5.56 Å². The van der Waals surface area contributed by atoms with E-state index < -0.39 is 42.6 Å². The first-order chi connectivity index (χ1) is 13.2. The second-order valence-electron chi connectivity index (χ2n) is 7.22. The molecule has 1 aromatic carbocycles. The van der Waals surface area contributed by atoms with Gasteiger partial charge in [0.05, 0.1) is 0 Å². The first-order valence-electron chi connectivity index (χ1n) is 8.98. The van der Waals surface area contributed by atoms with Gasteiger partial charge < -0.3 is 33.3 Å². The van der Waals surface area contributed by atoms with Gasteiger partial charge in [-0.05, 0) is 19.4 Å². The van der Waals surface area contributed by atoms with Crippen LogP contribution in [0, 0.1) is 0 Å². The van der Waals surface area contributed by atoms with E-state index in [1.807, 2.05) is 30.3 Å². The molecular weight excluding hydrogens is 370 g/mol. The predicted octanol–water partition coefficient (Wildman–Crippen LogP) is 2.28. The fourth-order valence-corrected chi connectivity index (χ4v) is 2.95. The average Bonchev–Trinajstić information content (AvgIpc) is 3.11. The molecule has 0 bridgehead atoms. The zero-order chi connectivity index (χ0) is 20.3. The van der Waals surface area contributed by atoms with Crippen LogP contribution in [0.4, 0.5) is 9.59 Å². The van der Waals surface area contributed by atoms with E-state index in [4.69, 9.17) is 28.4 Å². The molecule has 0 spiro atoms. The molecule has 0 unspecified atom stereocenters. The molecule has 0 N–H and O–H groups in total. The van der Waals surface area contributed by atoms with E-state index in [1.54, 1.807) is 27.9 Å². The number of hydrogen-bond donors (Lipinski definition) is 0. The maximum atomic E-state index is 12.0. The molecule has 28 heavy (non-hydrogen) atoms. The van der Waals surface area contributed by atoms with Crippen LogP contribution < -0.4 is 0 Å². The molecule has 2 fully saturated rings.